The lowest BCUT2D eigenvalue weighted by Gasteiger charge is -2.36. The summed E-state index contributed by atoms with van der Waals surface area (Å²) in [4.78, 5) is 9.42. The number of halogens is 1. The molecular weight excluding hydrogens is 455 g/mol. The maximum Gasteiger partial charge on any atom is 0.193 e. The van der Waals surface area contributed by atoms with Crippen LogP contribution in [0.5, 0.6) is 0 Å². The van der Waals surface area contributed by atoms with Crippen molar-refractivity contribution in [2.24, 2.45) is 18.0 Å². The molecule has 27 heavy (non-hydrogen) atoms. The molecule has 1 aromatic rings. The second kappa shape index (κ2) is 11.2. The molecule has 1 aromatic heterocycles. The lowest BCUT2D eigenvalue weighted by atomic mass is 9.97. The Morgan fingerprint density at radius 2 is 2.11 bits per heavy atom. The number of morpholine rings is 1. The normalized spacial score (nSPS) is 22.6. The van der Waals surface area contributed by atoms with Gasteiger partial charge in [-0.15, -0.1) is 24.0 Å². The third kappa shape index (κ3) is 6.32. The summed E-state index contributed by atoms with van der Waals surface area (Å²) in [7, 11) is 3.82. The summed E-state index contributed by atoms with van der Waals surface area (Å²) in [6.45, 7) is 9.41. The number of likely N-dealkylation sites (tertiary alicyclic amines) is 1. The summed E-state index contributed by atoms with van der Waals surface area (Å²) >= 11 is 0. The molecule has 1 N–H and O–H groups in total. The topological polar surface area (TPSA) is 57.9 Å². The van der Waals surface area contributed by atoms with Crippen LogP contribution in [0.2, 0.25) is 0 Å². The molecule has 2 saturated heterocycles. The molecule has 154 valence electrons. The van der Waals surface area contributed by atoms with Crippen LogP contribution in [0.25, 0.3) is 0 Å². The number of piperidine rings is 1. The van der Waals surface area contributed by atoms with E-state index in [1.54, 1.807) is 0 Å². The molecule has 7 nitrogen and oxygen atoms in total. The van der Waals surface area contributed by atoms with Gasteiger partial charge < -0.3 is 19.9 Å². The fraction of sp³-hybridized carbons (Fsp3) is 0.789. The Bertz CT molecular complexity index is 585. The van der Waals surface area contributed by atoms with E-state index < -0.39 is 0 Å². The third-order valence-corrected chi connectivity index (χ3v) is 5.47. The summed E-state index contributed by atoms with van der Waals surface area (Å²) in [6, 6.07) is 0. The van der Waals surface area contributed by atoms with Crippen molar-refractivity contribution in [3.05, 3.63) is 18.0 Å². The summed E-state index contributed by atoms with van der Waals surface area (Å²) in [5.74, 6) is 1.74. The lowest BCUT2D eigenvalue weighted by molar-refractivity contribution is -0.00812. The number of hydrogen-bond donors (Lipinski definition) is 1. The Hall–Kier alpha value is -0.870. The van der Waals surface area contributed by atoms with E-state index in [1.165, 1.54) is 38.9 Å². The molecule has 3 heterocycles. The monoisotopic (exact) mass is 490 g/mol. The van der Waals surface area contributed by atoms with Gasteiger partial charge in [0, 0.05) is 38.9 Å². The molecule has 2 aliphatic heterocycles. The fourth-order valence-corrected chi connectivity index (χ4v) is 3.95. The molecule has 0 radical (unpaired) electrons. The van der Waals surface area contributed by atoms with Gasteiger partial charge in [0.25, 0.3) is 0 Å². The predicted molar refractivity (Wildman–Crippen MR) is 120 cm³/mol. The van der Waals surface area contributed by atoms with Crippen LogP contribution in [0.1, 0.15) is 37.9 Å². The van der Waals surface area contributed by atoms with Crippen molar-refractivity contribution in [2.75, 3.05) is 52.9 Å². The highest BCUT2D eigenvalue weighted by atomic mass is 127. The molecule has 0 spiro atoms. The van der Waals surface area contributed by atoms with E-state index in [1.807, 2.05) is 31.2 Å². The number of aromatic nitrogens is 2. The Morgan fingerprint density at radius 3 is 2.74 bits per heavy atom. The first-order valence-corrected chi connectivity index (χ1v) is 9.97. The van der Waals surface area contributed by atoms with Gasteiger partial charge in [0.1, 0.15) is 6.10 Å². The second-order valence-electron chi connectivity index (χ2n) is 7.47. The maximum absolute atomic E-state index is 5.95. The Morgan fingerprint density at radius 1 is 1.33 bits per heavy atom. The minimum Gasteiger partial charge on any atom is -0.370 e. The number of nitrogens with one attached hydrogen (secondary N) is 1. The van der Waals surface area contributed by atoms with Crippen molar-refractivity contribution in [3.63, 3.8) is 0 Å². The van der Waals surface area contributed by atoms with Crippen molar-refractivity contribution >= 4 is 29.9 Å². The molecule has 2 aliphatic rings. The molecule has 0 bridgehead atoms. The molecule has 3 rings (SSSR count). The third-order valence-electron chi connectivity index (χ3n) is 5.47. The zero-order valence-corrected chi connectivity index (χ0v) is 19.3. The highest BCUT2D eigenvalue weighted by Gasteiger charge is 2.26. The van der Waals surface area contributed by atoms with Crippen LogP contribution < -0.4 is 5.32 Å². The summed E-state index contributed by atoms with van der Waals surface area (Å²) in [5.41, 5.74) is 1.14. The van der Waals surface area contributed by atoms with Crippen LogP contribution in [0.4, 0.5) is 0 Å². The van der Waals surface area contributed by atoms with Crippen LogP contribution in [0.3, 0.4) is 0 Å². The number of aryl methyl sites for hydroxylation is 1. The average molecular weight is 490 g/mol. The van der Waals surface area contributed by atoms with Crippen molar-refractivity contribution in [2.45, 2.75) is 32.3 Å². The molecular formula is C19H35IN6O. The van der Waals surface area contributed by atoms with E-state index in [-0.39, 0.29) is 30.1 Å². The minimum atomic E-state index is 0. The van der Waals surface area contributed by atoms with Crippen LogP contribution in [0.15, 0.2) is 17.4 Å². The Balaban J connectivity index is 0.00000261. The quantitative estimate of drug-likeness (QED) is 0.390. The van der Waals surface area contributed by atoms with Crippen LogP contribution >= 0.6 is 24.0 Å². The average Bonchev–Trinajstić information content (AvgIpc) is 3.11. The summed E-state index contributed by atoms with van der Waals surface area (Å²) in [6.07, 6.45) is 7.82. The maximum atomic E-state index is 5.95. The second-order valence-corrected chi connectivity index (χ2v) is 7.47. The van der Waals surface area contributed by atoms with Gasteiger partial charge in [-0.3, -0.25) is 9.67 Å². The van der Waals surface area contributed by atoms with Crippen molar-refractivity contribution in [1.82, 2.24) is 24.9 Å². The van der Waals surface area contributed by atoms with E-state index in [0.717, 1.165) is 43.7 Å². The van der Waals surface area contributed by atoms with Crippen LogP contribution in [0, 0.1) is 5.92 Å². The van der Waals surface area contributed by atoms with Crippen molar-refractivity contribution in [3.8, 4) is 0 Å². The van der Waals surface area contributed by atoms with Gasteiger partial charge in [0.15, 0.2) is 5.96 Å². The largest absolute Gasteiger partial charge is 0.370 e. The Kier molecular flexibility index (Phi) is 9.31. The van der Waals surface area contributed by atoms with Gasteiger partial charge in [0.05, 0.1) is 19.3 Å². The van der Waals surface area contributed by atoms with E-state index in [2.05, 4.69) is 32.1 Å². The lowest BCUT2D eigenvalue weighted by Crippen LogP contribution is -2.49. The van der Waals surface area contributed by atoms with Crippen molar-refractivity contribution in [1.29, 1.82) is 0 Å². The van der Waals surface area contributed by atoms with Gasteiger partial charge >= 0.3 is 0 Å². The standard InChI is InChI=1S/C19H34N6O.HI/c1-4-7-24-8-5-16(6-9-24)12-21-19(20-2)25-10-11-26-18(15-25)17-13-22-23(3)14-17;/h13-14,16,18H,4-12,15H2,1-3H3,(H,20,21);1H. The van der Waals surface area contributed by atoms with E-state index >= 15 is 0 Å². The van der Waals surface area contributed by atoms with E-state index in [0.29, 0.717) is 0 Å². The van der Waals surface area contributed by atoms with Crippen LogP contribution in [-0.2, 0) is 11.8 Å². The molecule has 8 heteroatoms. The SMILES string of the molecule is CCCN1CCC(CNC(=NC)N2CCOC(c3cnn(C)c3)C2)CC1.I. The highest BCUT2D eigenvalue weighted by Crippen LogP contribution is 2.22. The minimum absolute atomic E-state index is 0. The van der Waals surface area contributed by atoms with Gasteiger partial charge in [-0.1, -0.05) is 6.92 Å². The number of rotatable bonds is 5. The van der Waals surface area contributed by atoms with Crippen LogP contribution in [-0.4, -0.2) is 78.5 Å². The van der Waals surface area contributed by atoms with E-state index in [9.17, 15) is 0 Å². The van der Waals surface area contributed by atoms with Gasteiger partial charge in [0.2, 0.25) is 0 Å². The number of aliphatic imine (C=N–C) groups is 1. The number of guanidine groups is 1. The van der Waals surface area contributed by atoms with Gasteiger partial charge in [-0.05, 0) is 44.8 Å². The first-order valence-electron chi connectivity index (χ1n) is 9.97. The molecule has 2 fully saturated rings. The van der Waals surface area contributed by atoms with Gasteiger partial charge in [-0.2, -0.15) is 5.10 Å². The summed E-state index contributed by atoms with van der Waals surface area (Å²) in [5, 5.41) is 7.88. The number of ether oxygens (including phenoxy) is 1. The number of nitrogens with zero attached hydrogens (tertiary/aromatic N) is 5. The smallest absolute Gasteiger partial charge is 0.193 e. The first-order chi connectivity index (χ1) is 12.7. The Labute approximate surface area is 180 Å². The molecule has 0 aliphatic carbocycles. The fourth-order valence-electron chi connectivity index (χ4n) is 3.95. The summed E-state index contributed by atoms with van der Waals surface area (Å²) < 4.78 is 7.78. The number of hydrogen-bond acceptors (Lipinski definition) is 4. The van der Waals surface area contributed by atoms with E-state index in [4.69, 9.17) is 4.74 Å². The molecule has 0 amide bonds. The molecule has 1 atom stereocenters. The van der Waals surface area contributed by atoms with Crippen molar-refractivity contribution < 1.29 is 4.74 Å². The molecule has 1 unspecified atom stereocenters. The molecule has 0 aromatic carbocycles. The first kappa shape index (κ1) is 22.4. The molecule has 0 saturated carbocycles. The van der Waals surface area contributed by atoms with Gasteiger partial charge in [-0.25, -0.2) is 0 Å². The predicted octanol–water partition coefficient (Wildman–Crippen LogP) is 2.11. The zero-order chi connectivity index (χ0) is 18.4. The highest BCUT2D eigenvalue weighted by molar-refractivity contribution is 14.0. The zero-order valence-electron chi connectivity index (χ0n) is 16.9.